The molecular formula is C14H20O2. The minimum Gasteiger partial charge on any atom is -0.504 e. The third kappa shape index (κ3) is 2.16. The van der Waals surface area contributed by atoms with Gasteiger partial charge in [0.05, 0.1) is 0 Å². The number of phenolic OH excluding ortho intramolecular Hbond substituents is 2. The van der Waals surface area contributed by atoms with Crippen LogP contribution in [0, 0.1) is 5.92 Å². The van der Waals surface area contributed by atoms with Crippen molar-refractivity contribution < 1.29 is 10.2 Å². The fourth-order valence-corrected chi connectivity index (χ4v) is 2.48. The predicted octanol–water partition coefficient (Wildman–Crippen LogP) is 3.57. The Morgan fingerprint density at radius 2 is 1.88 bits per heavy atom. The Balaban J connectivity index is 2.16. The summed E-state index contributed by atoms with van der Waals surface area (Å²) in [6.07, 6.45) is 5.21. The van der Waals surface area contributed by atoms with E-state index in [0.717, 1.165) is 17.9 Å². The van der Waals surface area contributed by atoms with Gasteiger partial charge in [0.2, 0.25) is 0 Å². The molecule has 88 valence electrons. The SMILES string of the molecule is CC(C)(CC1CCC1)c1ccc(O)c(O)c1. The lowest BCUT2D eigenvalue weighted by Gasteiger charge is -2.35. The molecule has 2 nitrogen and oxygen atoms in total. The summed E-state index contributed by atoms with van der Waals surface area (Å²) in [5, 5.41) is 18.8. The zero-order valence-corrected chi connectivity index (χ0v) is 10.0. The normalized spacial score (nSPS) is 17.1. The van der Waals surface area contributed by atoms with Gasteiger partial charge in [0.1, 0.15) is 0 Å². The number of benzene rings is 1. The van der Waals surface area contributed by atoms with E-state index < -0.39 is 0 Å². The van der Waals surface area contributed by atoms with E-state index in [4.69, 9.17) is 0 Å². The van der Waals surface area contributed by atoms with Gasteiger partial charge in [-0.2, -0.15) is 0 Å². The van der Waals surface area contributed by atoms with Gasteiger partial charge in [-0.1, -0.05) is 39.2 Å². The van der Waals surface area contributed by atoms with E-state index in [1.165, 1.54) is 19.3 Å². The molecule has 0 atom stereocenters. The molecule has 1 aromatic carbocycles. The number of rotatable bonds is 3. The summed E-state index contributed by atoms with van der Waals surface area (Å²) in [5.41, 5.74) is 1.19. The minimum absolute atomic E-state index is 0.0146. The Kier molecular flexibility index (Phi) is 2.83. The molecule has 0 unspecified atom stereocenters. The highest BCUT2D eigenvalue weighted by atomic mass is 16.3. The van der Waals surface area contributed by atoms with Crippen LogP contribution >= 0.6 is 0 Å². The van der Waals surface area contributed by atoms with Crippen LogP contribution in [0.5, 0.6) is 11.5 Å². The van der Waals surface area contributed by atoms with Gasteiger partial charge >= 0.3 is 0 Å². The summed E-state index contributed by atoms with van der Waals surface area (Å²) in [4.78, 5) is 0. The van der Waals surface area contributed by atoms with Crippen molar-refractivity contribution in [1.29, 1.82) is 0 Å². The topological polar surface area (TPSA) is 40.5 Å². The van der Waals surface area contributed by atoms with Crippen molar-refractivity contribution >= 4 is 0 Å². The first-order valence-corrected chi connectivity index (χ1v) is 6.01. The zero-order chi connectivity index (χ0) is 11.8. The maximum atomic E-state index is 9.52. The molecule has 0 amide bonds. The molecular weight excluding hydrogens is 200 g/mol. The Hall–Kier alpha value is -1.18. The summed E-state index contributed by atoms with van der Waals surface area (Å²) in [6.45, 7) is 4.41. The summed E-state index contributed by atoms with van der Waals surface area (Å²) in [6, 6.07) is 5.18. The Morgan fingerprint density at radius 1 is 1.19 bits per heavy atom. The van der Waals surface area contributed by atoms with E-state index in [2.05, 4.69) is 13.8 Å². The second-order valence-corrected chi connectivity index (χ2v) is 5.59. The number of phenols is 2. The fraction of sp³-hybridized carbons (Fsp3) is 0.571. The second kappa shape index (κ2) is 4.00. The first kappa shape index (κ1) is 11.3. The van der Waals surface area contributed by atoms with E-state index in [0.29, 0.717) is 0 Å². The van der Waals surface area contributed by atoms with Crippen LogP contribution in [0.25, 0.3) is 0 Å². The van der Waals surface area contributed by atoms with Crippen molar-refractivity contribution in [3.05, 3.63) is 23.8 Å². The van der Waals surface area contributed by atoms with Crippen LogP contribution in [-0.4, -0.2) is 10.2 Å². The average Bonchev–Trinajstić information content (AvgIpc) is 2.16. The largest absolute Gasteiger partial charge is 0.504 e. The molecule has 1 aliphatic rings. The monoisotopic (exact) mass is 220 g/mol. The molecule has 0 bridgehead atoms. The summed E-state index contributed by atoms with van der Waals surface area (Å²) in [5.74, 6) is 0.785. The van der Waals surface area contributed by atoms with Gasteiger partial charge in [0, 0.05) is 0 Å². The molecule has 1 saturated carbocycles. The third-order valence-electron chi connectivity index (χ3n) is 3.78. The van der Waals surface area contributed by atoms with Crippen LogP contribution in [0.4, 0.5) is 0 Å². The molecule has 1 fully saturated rings. The van der Waals surface area contributed by atoms with Gasteiger partial charge < -0.3 is 10.2 Å². The van der Waals surface area contributed by atoms with Crippen molar-refractivity contribution in [2.75, 3.05) is 0 Å². The highest BCUT2D eigenvalue weighted by Crippen LogP contribution is 2.40. The molecule has 0 radical (unpaired) electrons. The first-order valence-electron chi connectivity index (χ1n) is 6.01. The van der Waals surface area contributed by atoms with Crippen molar-refractivity contribution in [1.82, 2.24) is 0 Å². The van der Waals surface area contributed by atoms with Gasteiger partial charge in [-0.25, -0.2) is 0 Å². The second-order valence-electron chi connectivity index (χ2n) is 5.59. The molecule has 0 aliphatic heterocycles. The van der Waals surface area contributed by atoms with Gasteiger partial charge in [0.25, 0.3) is 0 Å². The van der Waals surface area contributed by atoms with Crippen LogP contribution in [0.1, 0.15) is 45.1 Å². The van der Waals surface area contributed by atoms with Crippen molar-refractivity contribution in [3.8, 4) is 11.5 Å². The Bertz CT molecular complexity index is 378. The van der Waals surface area contributed by atoms with Crippen molar-refractivity contribution in [2.45, 2.75) is 44.9 Å². The number of hydrogen-bond donors (Lipinski definition) is 2. The highest BCUT2D eigenvalue weighted by Gasteiger charge is 2.28. The smallest absolute Gasteiger partial charge is 0.157 e. The van der Waals surface area contributed by atoms with E-state index in [1.54, 1.807) is 12.1 Å². The van der Waals surface area contributed by atoms with Gasteiger partial charge in [0.15, 0.2) is 11.5 Å². The average molecular weight is 220 g/mol. The van der Waals surface area contributed by atoms with Crippen LogP contribution in [0.2, 0.25) is 0 Å². The lowest BCUT2D eigenvalue weighted by molar-refractivity contribution is 0.242. The van der Waals surface area contributed by atoms with Gasteiger partial charge in [-0.05, 0) is 35.4 Å². The maximum Gasteiger partial charge on any atom is 0.157 e. The molecule has 0 spiro atoms. The molecule has 0 saturated heterocycles. The fourth-order valence-electron chi connectivity index (χ4n) is 2.48. The summed E-state index contributed by atoms with van der Waals surface area (Å²) < 4.78 is 0. The van der Waals surface area contributed by atoms with E-state index in [-0.39, 0.29) is 16.9 Å². The molecule has 2 rings (SSSR count). The number of hydrogen-bond acceptors (Lipinski definition) is 2. The van der Waals surface area contributed by atoms with E-state index in [1.807, 2.05) is 6.07 Å². The van der Waals surface area contributed by atoms with Crippen molar-refractivity contribution in [2.24, 2.45) is 5.92 Å². The van der Waals surface area contributed by atoms with Gasteiger partial charge in [-0.3, -0.25) is 0 Å². The quantitative estimate of drug-likeness (QED) is 0.764. The van der Waals surface area contributed by atoms with Crippen LogP contribution in [0.15, 0.2) is 18.2 Å². The molecule has 2 heteroatoms. The predicted molar refractivity (Wildman–Crippen MR) is 64.8 cm³/mol. The Morgan fingerprint density at radius 3 is 2.38 bits per heavy atom. The van der Waals surface area contributed by atoms with E-state index >= 15 is 0 Å². The van der Waals surface area contributed by atoms with Crippen LogP contribution in [-0.2, 0) is 5.41 Å². The molecule has 1 aliphatic carbocycles. The van der Waals surface area contributed by atoms with Crippen LogP contribution in [0.3, 0.4) is 0 Å². The lowest BCUT2D eigenvalue weighted by Crippen LogP contribution is -2.25. The molecule has 0 aromatic heterocycles. The summed E-state index contributed by atoms with van der Waals surface area (Å²) >= 11 is 0. The van der Waals surface area contributed by atoms with Crippen molar-refractivity contribution in [3.63, 3.8) is 0 Å². The molecule has 1 aromatic rings. The third-order valence-corrected chi connectivity index (χ3v) is 3.78. The standard InChI is InChI=1S/C14H20O2/c1-14(2,9-10-4-3-5-10)11-6-7-12(15)13(16)8-11/h6-8,10,15-16H,3-5,9H2,1-2H3. The van der Waals surface area contributed by atoms with E-state index in [9.17, 15) is 10.2 Å². The maximum absolute atomic E-state index is 9.52. The Labute approximate surface area is 96.9 Å². The van der Waals surface area contributed by atoms with Crippen LogP contribution < -0.4 is 0 Å². The first-order chi connectivity index (χ1) is 7.49. The molecule has 0 heterocycles. The number of aromatic hydroxyl groups is 2. The highest BCUT2D eigenvalue weighted by molar-refractivity contribution is 5.42. The minimum atomic E-state index is -0.0387. The zero-order valence-electron chi connectivity index (χ0n) is 10.0. The molecule has 16 heavy (non-hydrogen) atoms. The van der Waals surface area contributed by atoms with Gasteiger partial charge in [-0.15, -0.1) is 0 Å². The molecule has 2 N–H and O–H groups in total. The lowest BCUT2D eigenvalue weighted by atomic mass is 9.70. The summed E-state index contributed by atoms with van der Waals surface area (Å²) in [7, 11) is 0.